The molecule has 1 heterocycles. The number of allylic oxidation sites excluding steroid dienone is 1. The lowest BCUT2D eigenvalue weighted by Crippen LogP contribution is -2.28. The number of carbonyl (C=O) groups is 2. The van der Waals surface area contributed by atoms with Gasteiger partial charge in [-0.2, -0.15) is 0 Å². The van der Waals surface area contributed by atoms with Gasteiger partial charge in [-0.05, 0) is 30.7 Å². The summed E-state index contributed by atoms with van der Waals surface area (Å²) in [5.74, 6) is -0.844. The van der Waals surface area contributed by atoms with Gasteiger partial charge in [0.2, 0.25) is 0 Å². The van der Waals surface area contributed by atoms with Gasteiger partial charge in [0.25, 0.3) is 5.91 Å². The van der Waals surface area contributed by atoms with Gasteiger partial charge in [-0.15, -0.1) is 0 Å². The van der Waals surface area contributed by atoms with E-state index in [1.807, 2.05) is 0 Å². The molecule has 128 valence electrons. The van der Waals surface area contributed by atoms with Gasteiger partial charge in [-0.1, -0.05) is 29.3 Å². The van der Waals surface area contributed by atoms with Gasteiger partial charge in [-0.25, -0.2) is 4.79 Å². The van der Waals surface area contributed by atoms with Gasteiger partial charge in [0.05, 0.1) is 34.9 Å². The smallest absolute Gasteiger partial charge is 0.340 e. The number of benzene rings is 1. The summed E-state index contributed by atoms with van der Waals surface area (Å²) in [4.78, 5) is 26.3. The zero-order valence-electron chi connectivity index (χ0n) is 13.6. The molecule has 0 aliphatic carbocycles. The average molecular weight is 370 g/mol. The highest BCUT2D eigenvalue weighted by atomic mass is 35.5. The van der Waals surface area contributed by atoms with E-state index in [0.29, 0.717) is 34.5 Å². The monoisotopic (exact) mass is 369 g/mol. The Bertz CT molecular complexity index is 740. The first-order chi connectivity index (χ1) is 11.4. The molecule has 1 aromatic carbocycles. The summed E-state index contributed by atoms with van der Waals surface area (Å²) in [6, 6.07) is 4.98. The molecule has 5 nitrogen and oxygen atoms in total. The predicted molar refractivity (Wildman–Crippen MR) is 92.7 cm³/mol. The van der Waals surface area contributed by atoms with E-state index in [9.17, 15) is 9.59 Å². The fourth-order valence-corrected chi connectivity index (χ4v) is 2.76. The number of ether oxygens (including phenoxy) is 2. The summed E-state index contributed by atoms with van der Waals surface area (Å²) in [5.41, 5.74) is 1.70. The van der Waals surface area contributed by atoms with Crippen molar-refractivity contribution in [3.05, 3.63) is 50.7 Å². The molecule has 1 aromatic rings. The molecule has 24 heavy (non-hydrogen) atoms. The lowest BCUT2D eigenvalue weighted by Gasteiger charge is -2.16. The Hall–Kier alpha value is -1.82. The summed E-state index contributed by atoms with van der Waals surface area (Å²) >= 11 is 11.9. The van der Waals surface area contributed by atoms with Gasteiger partial charge >= 0.3 is 5.97 Å². The second-order valence-electron chi connectivity index (χ2n) is 5.13. The van der Waals surface area contributed by atoms with Crippen molar-refractivity contribution in [1.82, 2.24) is 4.90 Å². The lowest BCUT2D eigenvalue weighted by atomic mass is 10.0. The molecule has 0 fully saturated rings. The largest absolute Gasteiger partial charge is 0.465 e. The van der Waals surface area contributed by atoms with Gasteiger partial charge in [-0.3, -0.25) is 4.79 Å². The van der Waals surface area contributed by atoms with Gasteiger partial charge in [0.1, 0.15) is 0 Å². The highest BCUT2D eigenvalue weighted by Gasteiger charge is 2.36. The van der Waals surface area contributed by atoms with Crippen LogP contribution < -0.4 is 0 Å². The fraction of sp³-hybridized carbons (Fsp3) is 0.294. The van der Waals surface area contributed by atoms with E-state index < -0.39 is 5.97 Å². The number of hydrogen-bond donors (Lipinski definition) is 0. The number of esters is 1. The van der Waals surface area contributed by atoms with Crippen LogP contribution in [0.1, 0.15) is 12.5 Å². The maximum Gasteiger partial charge on any atom is 0.340 e. The van der Waals surface area contributed by atoms with Gasteiger partial charge in [0, 0.05) is 19.4 Å². The topological polar surface area (TPSA) is 55.8 Å². The van der Waals surface area contributed by atoms with Crippen molar-refractivity contribution in [3.8, 4) is 0 Å². The number of methoxy groups -OCH3 is 2. The number of hydrogen-bond acceptors (Lipinski definition) is 4. The van der Waals surface area contributed by atoms with Crippen LogP contribution in [0.5, 0.6) is 0 Å². The molecule has 2 rings (SSSR count). The first-order valence-corrected chi connectivity index (χ1v) is 7.93. The van der Waals surface area contributed by atoms with Crippen LogP contribution in [0.15, 0.2) is 35.0 Å². The first-order valence-electron chi connectivity index (χ1n) is 7.17. The fourth-order valence-electron chi connectivity index (χ4n) is 2.45. The highest BCUT2D eigenvalue weighted by molar-refractivity contribution is 6.42. The molecule has 1 aliphatic rings. The molecule has 1 amide bonds. The third-order valence-electron chi connectivity index (χ3n) is 3.67. The minimum Gasteiger partial charge on any atom is -0.465 e. The Labute approximate surface area is 150 Å². The quantitative estimate of drug-likeness (QED) is 0.590. The summed E-state index contributed by atoms with van der Waals surface area (Å²) in [7, 11) is 2.83. The van der Waals surface area contributed by atoms with Crippen LogP contribution in [-0.2, 0) is 19.1 Å². The van der Waals surface area contributed by atoms with E-state index in [4.69, 9.17) is 32.7 Å². The van der Waals surface area contributed by atoms with Crippen molar-refractivity contribution < 1.29 is 19.1 Å². The van der Waals surface area contributed by atoms with Crippen molar-refractivity contribution in [3.63, 3.8) is 0 Å². The van der Waals surface area contributed by atoms with E-state index >= 15 is 0 Å². The van der Waals surface area contributed by atoms with Crippen molar-refractivity contribution in [1.29, 1.82) is 0 Å². The molecule has 0 unspecified atom stereocenters. The summed E-state index contributed by atoms with van der Waals surface area (Å²) in [5, 5.41) is 0.784. The van der Waals surface area contributed by atoms with E-state index in [-0.39, 0.29) is 17.1 Å². The minimum atomic E-state index is -0.563. The van der Waals surface area contributed by atoms with Crippen LogP contribution in [0.2, 0.25) is 10.0 Å². The molecule has 0 spiro atoms. The third kappa shape index (κ3) is 3.64. The second kappa shape index (κ2) is 7.83. The molecule has 0 radical (unpaired) electrons. The molecular formula is C17H17Cl2NO4. The van der Waals surface area contributed by atoms with Crippen LogP contribution in [0.3, 0.4) is 0 Å². The van der Waals surface area contributed by atoms with Crippen molar-refractivity contribution in [2.24, 2.45) is 0 Å². The SMILES string of the molecule is COCCN1C(=O)C(=Cc2ccc(Cl)c(Cl)c2)C(C(=O)OC)=C1C. The summed E-state index contributed by atoms with van der Waals surface area (Å²) in [6.07, 6.45) is 1.60. The summed E-state index contributed by atoms with van der Waals surface area (Å²) < 4.78 is 9.84. The molecule has 1 aliphatic heterocycles. The second-order valence-corrected chi connectivity index (χ2v) is 5.95. The lowest BCUT2D eigenvalue weighted by molar-refractivity contribution is -0.136. The van der Waals surface area contributed by atoms with Crippen molar-refractivity contribution >= 4 is 41.2 Å². The molecule has 0 bridgehead atoms. The van der Waals surface area contributed by atoms with Crippen molar-refractivity contribution in [2.75, 3.05) is 27.4 Å². The Morgan fingerprint density at radius 3 is 2.54 bits per heavy atom. The molecule has 0 saturated heterocycles. The minimum absolute atomic E-state index is 0.240. The maximum atomic E-state index is 12.7. The predicted octanol–water partition coefficient (Wildman–Crippen LogP) is 3.31. The third-order valence-corrected chi connectivity index (χ3v) is 4.41. The number of rotatable bonds is 5. The van der Waals surface area contributed by atoms with E-state index in [1.54, 1.807) is 38.3 Å². The molecule has 0 atom stereocenters. The number of carbonyl (C=O) groups excluding carboxylic acids is 2. The molecule has 7 heteroatoms. The van der Waals surface area contributed by atoms with Crippen LogP contribution in [-0.4, -0.2) is 44.1 Å². The van der Waals surface area contributed by atoms with Gasteiger partial charge < -0.3 is 14.4 Å². The average Bonchev–Trinajstić information content (AvgIpc) is 2.79. The van der Waals surface area contributed by atoms with Crippen LogP contribution >= 0.6 is 23.2 Å². The standard InChI is InChI=1S/C17H17Cl2NO4/c1-10-15(17(22)24-3)12(16(21)20(10)6-7-23-2)8-11-4-5-13(18)14(19)9-11/h4-5,8-9H,6-7H2,1-3H3. The van der Waals surface area contributed by atoms with Crippen LogP contribution in [0.25, 0.3) is 6.08 Å². The Morgan fingerprint density at radius 1 is 1.25 bits per heavy atom. The zero-order chi connectivity index (χ0) is 17.9. The van der Waals surface area contributed by atoms with Gasteiger partial charge in [0.15, 0.2) is 0 Å². The Morgan fingerprint density at radius 2 is 1.96 bits per heavy atom. The maximum absolute atomic E-state index is 12.7. The summed E-state index contributed by atoms with van der Waals surface area (Å²) in [6.45, 7) is 2.41. The Kier molecular flexibility index (Phi) is 6.04. The van der Waals surface area contributed by atoms with Crippen molar-refractivity contribution in [2.45, 2.75) is 6.92 Å². The Balaban J connectivity index is 2.49. The molecular weight excluding hydrogens is 353 g/mol. The molecule has 0 saturated carbocycles. The van der Waals surface area contributed by atoms with Crippen LogP contribution in [0.4, 0.5) is 0 Å². The van der Waals surface area contributed by atoms with E-state index in [2.05, 4.69) is 0 Å². The first kappa shape index (κ1) is 18.5. The van der Waals surface area contributed by atoms with E-state index in [0.717, 1.165) is 0 Å². The zero-order valence-corrected chi connectivity index (χ0v) is 15.1. The van der Waals surface area contributed by atoms with E-state index in [1.165, 1.54) is 12.0 Å². The highest BCUT2D eigenvalue weighted by Crippen LogP contribution is 2.32. The molecule has 0 N–H and O–H groups in total. The number of amides is 1. The number of halogens is 2. The van der Waals surface area contributed by atoms with Crippen LogP contribution in [0, 0.1) is 0 Å². The number of nitrogens with zero attached hydrogens (tertiary/aromatic N) is 1. The normalized spacial score (nSPS) is 16.3. The molecule has 0 aromatic heterocycles.